The number of rotatable bonds is 7. The van der Waals surface area contributed by atoms with Gasteiger partial charge in [-0.25, -0.2) is 4.98 Å². The van der Waals surface area contributed by atoms with Gasteiger partial charge in [0.15, 0.2) is 0 Å². The summed E-state index contributed by atoms with van der Waals surface area (Å²) in [5.74, 6) is 1.15. The third kappa shape index (κ3) is 4.16. The quantitative estimate of drug-likeness (QED) is 0.827. The number of imidazole rings is 1. The van der Waals surface area contributed by atoms with E-state index in [1.54, 1.807) is 11.3 Å². The zero-order chi connectivity index (χ0) is 13.7. The van der Waals surface area contributed by atoms with Gasteiger partial charge >= 0.3 is 0 Å². The minimum atomic E-state index is 0.416. The average Bonchev–Trinajstić information content (AvgIpc) is 2.99. The molecule has 3 nitrogen and oxygen atoms in total. The predicted octanol–water partition coefficient (Wildman–Crippen LogP) is 3.92. The van der Waals surface area contributed by atoms with Crippen LogP contribution in [0.4, 0.5) is 0 Å². The Morgan fingerprint density at radius 2 is 2.37 bits per heavy atom. The molecule has 0 aliphatic carbocycles. The lowest BCUT2D eigenvalue weighted by molar-refractivity contribution is 0.492. The Morgan fingerprint density at radius 3 is 2.95 bits per heavy atom. The van der Waals surface area contributed by atoms with Crippen molar-refractivity contribution < 1.29 is 0 Å². The molecule has 1 unspecified atom stereocenters. The van der Waals surface area contributed by atoms with Crippen LogP contribution in [-0.4, -0.2) is 16.1 Å². The molecule has 0 aromatic carbocycles. The van der Waals surface area contributed by atoms with Gasteiger partial charge in [-0.05, 0) is 52.3 Å². The molecule has 0 spiro atoms. The Bertz CT molecular complexity index is 506. The maximum atomic E-state index is 4.40. The van der Waals surface area contributed by atoms with Crippen LogP contribution in [-0.2, 0) is 13.5 Å². The molecule has 0 radical (unpaired) electrons. The van der Waals surface area contributed by atoms with Gasteiger partial charge in [0.2, 0.25) is 0 Å². The van der Waals surface area contributed by atoms with Crippen LogP contribution < -0.4 is 5.32 Å². The SMILES string of the molecule is CCCNC(CCc1nccn1C)c1csc(Br)c1. The van der Waals surface area contributed by atoms with Gasteiger partial charge in [0.25, 0.3) is 0 Å². The molecule has 0 bridgehead atoms. The number of aromatic nitrogens is 2. The Labute approximate surface area is 127 Å². The van der Waals surface area contributed by atoms with E-state index in [4.69, 9.17) is 0 Å². The highest BCUT2D eigenvalue weighted by molar-refractivity contribution is 9.11. The Balaban J connectivity index is 1.99. The highest BCUT2D eigenvalue weighted by Gasteiger charge is 2.13. The second-order valence-corrected chi connectivity index (χ2v) is 6.97. The Hall–Kier alpha value is -0.650. The number of thiophene rings is 1. The van der Waals surface area contributed by atoms with E-state index in [0.29, 0.717) is 6.04 Å². The summed E-state index contributed by atoms with van der Waals surface area (Å²) in [6.45, 7) is 3.26. The molecule has 1 atom stereocenters. The lowest BCUT2D eigenvalue weighted by Gasteiger charge is -2.17. The van der Waals surface area contributed by atoms with Crippen molar-refractivity contribution in [3.8, 4) is 0 Å². The van der Waals surface area contributed by atoms with Crippen molar-refractivity contribution in [2.75, 3.05) is 6.54 Å². The van der Waals surface area contributed by atoms with Gasteiger partial charge in [-0.2, -0.15) is 0 Å². The first-order chi connectivity index (χ1) is 9.20. The van der Waals surface area contributed by atoms with E-state index in [1.807, 2.05) is 12.4 Å². The molecular weight excluding hydrogens is 322 g/mol. The van der Waals surface area contributed by atoms with E-state index < -0.39 is 0 Å². The minimum Gasteiger partial charge on any atom is -0.338 e. The molecule has 104 valence electrons. The summed E-state index contributed by atoms with van der Waals surface area (Å²) in [4.78, 5) is 4.40. The van der Waals surface area contributed by atoms with Gasteiger partial charge in [-0.15, -0.1) is 11.3 Å². The first kappa shape index (κ1) is 14.8. The molecule has 1 N–H and O–H groups in total. The monoisotopic (exact) mass is 341 g/mol. The lowest BCUT2D eigenvalue weighted by atomic mass is 10.0. The zero-order valence-corrected chi connectivity index (χ0v) is 13.8. The first-order valence-corrected chi connectivity index (χ1v) is 8.31. The smallest absolute Gasteiger partial charge is 0.108 e. The highest BCUT2D eigenvalue weighted by atomic mass is 79.9. The maximum absolute atomic E-state index is 4.40. The molecule has 2 heterocycles. The average molecular weight is 342 g/mol. The fourth-order valence-electron chi connectivity index (χ4n) is 2.12. The molecule has 0 amide bonds. The first-order valence-electron chi connectivity index (χ1n) is 6.64. The second-order valence-electron chi connectivity index (χ2n) is 4.68. The Kier molecular flexibility index (Phi) is 5.60. The summed E-state index contributed by atoms with van der Waals surface area (Å²) in [6, 6.07) is 2.63. The maximum Gasteiger partial charge on any atom is 0.108 e. The van der Waals surface area contributed by atoms with Crippen LogP contribution in [0.15, 0.2) is 27.6 Å². The molecule has 0 aliphatic rings. The number of halogens is 1. The zero-order valence-electron chi connectivity index (χ0n) is 11.4. The van der Waals surface area contributed by atoms with Crippen molar-refractivity contribution in [2.24, 2.45) is 7.05 Å². The number of hydrogen-bond donors (Lipinski definition) is 1. The molecular formula is C14H20BrN3S. The van der Waals surface area contributed by atoms with Gasteiger partial charge in [-0.1, -0.05) is 6.92 Å². The number of nitrogens with one attached hydrogen (secondary N) is 1. The van der Waals surface area contributed by atoms with Gasteiger partial charge in [-0.3, -0.25) is 0 Å². The van der Waals surface area contributed by atoms with Crippen molar-refractivity contribution in [3.05, 3.63) is 39.0 Å². The van der Waals surface area contributed by atoms with Gasteiger partial charge in [0.1, 0.15) is 5.82 Å². The Morgan fingerprint density at radius 1 is 1.53 bits per heavy atom. The fraction of sp³-hybridized carbons (Fsp3) is 0.500. The van der Waals surface area contributed by atoms with Crippen LogP contribution >= 0.6 is 27.3 Å². The molecule has 0 aliphatic heterocycles. The van der Waals surface area contributed by atoms with E-state index >= 15 is 0 Å². The summed E-state index contributed by atoms with van der Waals surface area (Å²) < 4.78 is 3.29. The summed E-state index contributed by atoms with van der Waals surface area (Å²) in [6.07, 6.45) is 7.10. The van der Waals surface area contributed by atoms with E-state index in [1.165, 1.54) is 9.35 Å². The van der Waals surface area contributed by atoms with Crippen LogP contribution in [0.25, 0.3) is 0 Å². The van der Waals surface area contributed by atoms with Gasteiger partial charge in [0, 0.05) is 31.9 Å². The van der Waals surface area contributed by atoms with E-state index in [-0.39, 0.29) is 0 Å². The summed E-state index contributed by atoms with van der Waals surface area (Å²) in [5, 5.41) is 5.86. The standard InChI is InChI=1S/C14H20BrN3S/c1-3-6-16-12(11-9-13(15)19-10-11)4-5-14-17-7-8-18(14)2/h7-10,12,16H,3-6H2,1-2H3. The molecule has 0 saturated heterocycles. The number of nitrogens with zero attached hydrogens (tertiary/aromatic N) is 2. The molecule has 2 aromatic rings. The number of aryl methyl sites for hydroxylation is 2. The third-order valence-corrected chi connectivity index (χ3v) is 4.73. The predicted molar refractivity (Wildman–Crippen MR) is 84.6 cm³/mol. The van der Waals surface area contributed by atoms with E-state index in [2.05, 4.69) is 56.2 Å². The van der Waals surface area contributed by atoms with E-state index in [9.17, 15) is 0 Å². The van der Waals surface area contributed by atoms with Gasteiger partial charge < -0.3 is 9.88 Å². The summed E-state index contributed by atoms with van der Waals surface area (Å²) in [7, 11) is 2.05. The van der Waals surface area contributed by atoms with E-state index in [0.717, 1.165) is 31.6 Å². The van der Waals surface area contributed by atoms with Crippen molar-refractivity contribution in [1.82, 2.24) is 14.9 Å². The minimum absolute atomic E-state index is 0.416. The molecule has 0 fully saturated rings. The molecule has 2 rings (SSSR count). The molecule has 2 aromatic heterocycles. The third-order valence-electron chi connectivity index (χ3n) is 3.21. The molecule has 0 saturated carbocycles. The molecule has 19 heavy (non-hydrogen) atoms. The van der Waals surface area contributed by atoms with Crippen LogP contribution in [0, 0.1) is 0 Å². The van der Waals surface area contributed by atoms with Crippen LogP contribution in [0.2, 0.25) is 0 Å². The van der Waals surface area contributed by atoms with Crippen molar-refractivity contribution in [3.63, 3.8) is 0 Å². The summed E-state index contributed by atoms with van der Waals surface area (Å²) >= 11 is 5.29. The topological polar surface area (TPSA) is 29.9 Å². The number of hydrogen-bond acceptors (Lipinski definition) is 3. The second kappa shape index (κ2) is 7.22. The molecule has 5 heteroatoms. The van der Waals surface area contributed by atoms with Crippen LogP contribution in [0.3, 0.4) is 0 Å². The summed E-state index contributed by atoms with van der Waals surface area (Å²) in [5.41, 5.74) is 1.37. The largest absolute Gasteiger partial charge is 0.338 e. The fourth-order valence-corrected chi connectivity index (χ4v) is 3.35. The van der Waals surface area contributed by atoms with Crippen molar-refractivity contribution in [2.45, 2.75) is 32.2 Å². The van der Waals surface area contributed by atoms with Crippen LogP contribution in [0.5, 0.6) is 0 Å². The van der Waals surface area contributed by atoms with Crippen LogP contribution in [0.1, 0.15) is 37.2 Å². The highest BCUT2D eigenvalue weighted by Crippen LogP contribution is 2.27. The van der Waals surface area contributed by atoms with Crippen molar-refractivity contribution >= 4 is 27.3 Å². The van der Waals surface area contributed by atoms with Crippen molar-refractivity contribution in [1.29, 1.82) is 0 Å². The van der Waals surface area contributed by atoms with Gasteiger partial charge in [0.05, 0.1) is 3.79 Å². The lowest BCUT2D eigenvalue weighted by Crippen LogP contribution is -2.22. The normalized spacial score (nSPS) is 12.8.